The Hall–Kier alpha value is -1.12. The number of nitrogens with one attached hydrogen (secondary N) is 1. The van der Waals surface area contributed by atoms with Crippen LogP contribution >= 0.6 is 0 Å². The highest BCUT2D eigenvalue weighted by Gasteiger charge is 1.91. The van der Waals surface area contributed by atoms with Crippen LogP contribution in [0.2, 0.25) is 0 Å². The molecule has 0 spiro atoms. The largest absolute Gasteiger partial charge is 0.288 e. The topological polar surface area (TPSA) is 45.8 Å². The Morgan fingerprint density at radius 3 is 2.67 bits per heavy atom. The van der Waals surface area contributed by atoms with E-state index in [4.69, 9.17) is 0 Å². The zero-order valence-electron chi connectivity index (χ0n) is 5.43. The maximum Gasteiger partial charge on any atom is 0.203 e. The van der Waals surface area contributed by atoms with Gasteiger partial charge in [0.25, 0.3) is 0 Å². The molecule has 0 fully saturated rings. The van der Waals surface area contributed by atoms with Crippen molar-refractivity contribution in [3.63, 3.8) is 0 Å². The Balaban J connectivity index is 3.34. The number of hydrogen-bond acceptors (Lipinski definition) is 2. The summed E-state index contributed by atoms with van der Waals surface area (Å²) in [6, 6.07) is 1.53. The van der Waals surface area contributed by atoms with E-state index in [0.29, 0.717) is 5.69 Å². The Labute approximate surface area is 52.7 Å². The second-order valence-electron chi connectivity index (χ2n) is 2.00. The highest BCUT2D eigenvalue weighted by atomic mass is 16.1. The van der Waals surface area contributed by atoms with E-state index >= 15 is 0 Å². The van der Waals surface area contributed by atoms with Crippen molar-refractivity contribution in [1.29, 1.82) is 0 Å². The monoisotopic (exact) mass is 124 g/mol. The van der Waals surface area contributed by atoms with E-state index < -0.39 is 0 Å². The van der Waals surface area contributed by atoms with Crippen LogP contribution in [0, 0.1) is 13.8 Å². The van der Waals surface area contributed by atoms with Crippen molar-refractivity contribution in [2.75, 3.05) is 0 Å². The Kier molecular flexibility index (Phi) is 1.34. The van der Waals surface area contributed by atoms with Gasteiger partial charge in [-0.25, -0.2) is 0 Å². The molecule has 0 saturated heterocycles. The van der Waals surface area contributed by atoms with Crippen molar-refractivity contribution in [2.24, 2.45) is 0 Å². The molecule has 0 aromatic carbocycles. The third-order valence-corrected chi connectivity index (χ3v) is 1.10. The third kappa shape index (κ3) is 1.16. The van der Waals surface area contributed by atoms with Crippen molar-refractivity contribution in [3.05, 3.63) is 27.7 Å². The molecule has 1 aromatic rings. The summed E-state index contributed by atoms with van der Waals surface area (Å²) in [5.74, 6) is 0. The summed E-state index contributed by atoms with van der Waals surface area (Å²) in [7, 11) is 0. The van der Waals surface area contributed by atoms with E-state index in [1.54, 1.807) is 13.8 Å². The highest BCUT2D eigenvalue weighted by molar-refractivity contribution is 5.03. The van der Waals surface area contributed by atoms with Crippen LogP contribution in [0.25, 0.3) is 0 Å². The van der Waals surface area contributed by atoms with Gasteiger partial charge in [0.05, 0.1) is 0 Å². The minimum atomic E-state index is -0.00810. The maximum absolute atomic E-state index is 10.8. The Bertz CT molecular complexity index is 264. The maximum atomic E-state index is 10.8. The van der Waals surface area contributed by atoms with Gasteiger partial charge >= 0.3 is 0 Å². The first-order valence-electron chi connectivity index (χ1n) is 2.73. The number of aryl methyl sites for hydroxylation is 2. The molecule has 0 aliphatic rings. The molecule has 9 heavy (non-hydrogen) atoms. The quantitative estimate of drug-likeness (QED) is 0.543. The van der Waals surface area contributed by atoms with E-state index in [0.717, 1.165) is 5.69 Å². The van der Waals surface area contributed by atoms with Gasteiger partial charge in [-0.3, -0.25) is 9.89 Å². The summed E-state index contributed by atoms with van der Waals surface area (Å²) in [6.07, 6.45) is 0. The lowest BCUT2D eigenvalue weighted by atomic mass is 10.3. The van der Waals surface area contributed by atoms with Crippen LogP contribution in [0.5, 0.6) is 0 Å². The molecule has 1 rings (SSSR count). The molecule has 3 nitrogen and oxygen atoms in total. The lowest BCUT2D eigenvalue weighted by Gasteiger charge is -1.90. The van der Waals surface area contributed by atoms with Crippen molar-refractivity contribution < 1.29 is 0 Å². The van der Waals surface area contributed by atoms with E-state index in [-0.39, 0.29) is 5.43 Å². The Morgan fingerprint density at radius 2 is 2.22 bits per heavy atom. The lowest BCUT2D eigenvalue weighted by Crippen LogP contribution is -2.08. The van der Waals surface area contributed by atoms with Gasteiger partial charge in [0.1, 0.15) is 5.69 Å². The number of nitrogens with zero attached hydrogens (tertiary/aromatic N) is 1. The van der Waals surface area contributed by atoms with Crippen molar-refractivity contribution in [2.45, 2.75) is 13.8 Å². The van der Waals surface area contributed by atoms with Crippen molar-refractivity contribution in [1.82, 2.24) is 10.2 Å². The van der Waals surface area contributed by atoms with Crippen LogP contribution in [-0.4, -0.2) is 10.2 Å². The van der Waals surface area contributed by atoms with Gasteiger partial charge < -0.3 is 0 Å². The summed E-state index contributed by atoms with van der Waals surface area (Å²) in [5.41, 5.74) is 1.30. The predicted molar refractivity (Wildman–Crippen MR) is 34.3 cm³/mol. The molecular formula is C6H8N2O. The minimum Gasteiger partial charge on any atom is -0.288 e. The zero-order valence-corrected chi connectivity index (χ0v) is 5.43. The number of aromatic nitrogens is 2. The fraction of sp³-hybridized carbons (Fsp3) is 0.333. The molecule has 0 radical (unpaired) electrons. The number of H-pyrrole nitrogens is 1. The number of aromatic amines is 1. The number of rotatable bonds is 0. The second kappa shape index (κ2) is 2.01. The molecule has 1 heterocycles. The average Bonchev–Trinajstić information content (AvgIpc) is 1.80. The van der Waals surface area contributed by atoms with Gasteiger partial charge in [0.15, 0.2) is 0 Å². The van der Waals surface area contributed by atoms with Crippen molar-refractivity contribution >= 4 is 0 Å². The summed E-state index contributed by atoms with van der Waals surface area (Å²) in [4.78, 5) is 10.8. The molecule has 48 valence electrons. The van der Waals surface area contributed by atoms with Gasteiger partial charge in [-0.15, -0.1) is 0 Å². The fourth-order valence-electron chi connectivity index (χ4n) is 0.560. The predicted octanol–water partition coefficient (Wildman–Crippen LogP) is 0.387. The van der Waals surface area contributed by atoms with Gasteiger partial charge in [-0.1, -0.05) is 0 Å². The molecule has 1 aromatic heterocycles. The Morgan fingerprint density at radius 1 is 1.56 bits per heavy atom. The van der Waals surface area contributed by atoms with Crippen LogP contribution in [0.1, 0.15) is 11.4 Å². The normalized spacial score (nSPS) is 9.56. The van der Waals surface area contributed by atoms with Crippen LogP contribution in [0.3, 0.4) is 0 Å². The van der Waals surface area contributed by atoms with E-state index in [1.807, 2.05) is 0 Å². The molecule has 1 N–H and O–H groups in total. The van der Waals surface area contributed by atoms with Gasteiger partial charge in [0.2, 0.25) is 5.43 Å². The summed E-state index contributed by atoms with van der Waals surface area (Å²) < 4.78 is 0. The third-order valence-electron chi connectivity index (χ3n) is 1.10. The zero-order chi connectivity index (χ0) is 6.85. The lowest BCUT2D eigenvalue weighted by molar-refractivity contribution is 0.926. The molecule has 0 bridgehead atoms. The molecule has 0 aliphatic carbocycles. The van der Waals surface area contributed by atoms with Crippen LogP contribution in [0.4, 0.5) is 0 Å². The molecule has 0 unspecified atom stereocenters. The van der Waals surface area contributed by atoms with Gasteiger partial charge in [-0.2, -0.15) is 5.10 Å². The number of hydrogen-bond donors (Lipinski definition) is 1. The molecular weight excluding hydrogens is 116 g/mol. The molecule has 0 amide bonds. The molecule has 0 aliphatic heterocycles. The first-order chi connectivity index (χ1) is 4.20. The van der Waals surface area contributed by atoms with Crippen LogP contribution in [0.15, 0.2) is 10.9 Å². The van der Waals surface area contributed by atoms with E-state index in [2.05, 4.69) is 10.2 Å². The van der Waals surface area contributed by atoms with E-state index in [9.17, 15) is 4.79 Å². The summed E-state index contributed by atoms with van der Waals surface area (Å²) in [5, 5.41) is 6.43. The SMILES string of the molecule is Cc1cc(=O)c(C)n[nH]1. The van der Waals surface area contributed by atoms with Gasteiger partial charge in [0, 0.05) is 11.8 Å². The van der Waals surface area contributed by atoms with Crippen LogP contribution in [-0.2, 0) is 0 Å². The van der Waals surface area contributed by atoms with Gasteiger partial charge in [-0.05, 0) is 13.8 Å². The summed E-state index contributed by atoms with van der Waals surface area (Å²) >= 11 is 0. The molecule has 0 saturated carbocycles. The molecule has 0 atom stereocenters. The highest BCUT2D eigenvalue weighted by Crippen LogP contribution is 1.82. The smallest absolute Gasteiger partial charge is 0.203 e. The molecule has 3 heteroatoms. The minimum absolute atomic E-state index is 0.00810. The first-order valence-corrected chi connectivity index (χ1v) is 2.73. The summed E-state index contributed by atoms with van der Waals surface area (Å²) in [6.45, 7) is 3.48. The standard InChI is InChI=1S/C6H8N2O/c1-4-3-6(9)5(2)8-7-4/h3H,1-2H3,(H,7,9). The second-order valence-corrected chi connectivity index (χ2v) is 2.00. The fourth-order valence-corrected chi connectivity index (χ4v) is 0.560. The average molecular weight is 124 g/mol. The van der Waals surface area contributed by atoms with Crippen LogP contribution < -0.4 is 5.43 Å². The first kappa shape index (κ1) is 6.01. The van der Waals surface area contributed by atoms with E-state index in [1.165, 1.54) is 6.07 Å². The van der Waals surface area contributed by atoms with Crippen molar-refractivity contribution in [3.8, 4) is 0 Å².